The van der Waals surface area contributed by atoms with Gasteiger partial charge in [-0.2, -0.15) is 0 Å². The van der Waals surface area contributed by atoms with Gasteiger partial charge in [0.25, 0.3) is 3.79 Å². The van der Waals surface area contributed by atoms with E-state index in [2.05, 4.69) is 0 Å². The largest absolute Gasteiger partial charge is 0.291 e. The van der Waals surface area contributed by atoms with Gasteiger partial charge in [0.1, 0.15) is 0 Å². The van der Waals surface area contributed by atoms with Crippen LogP contribution in [0.4, 0.5) is 0 Å². The van der Waals surface area contributed by atoms with E-state index >= 15 is 0 Å². The van der Waals surface area contributed by atoms with Crippen LogP contribution in [0.15, 0.2) is 60.7 Å². The van der Waals surface area contributed by atoms with Gasteiger partial charge in [0, 0.05) is 11.1 Å². The van der Waals surface area contributed by atoms with E-state index in [9.17, 15) is 9.59 Å². The number of carbonyl (C=O) groups excluding carboxylic acids is 2. The third-order valence-electron chi connectivity index (χ3n) is 2.55. The summed E-state index contributed by atoms with van der Waals surface area (Å²) in [6.07, 6.45) is 0. The Morgan fingerprint density at radius 3 is 1.48 bits per heavy atom. The van der Waals surface area contributed by atoms with Crippen molar-refractivity contribution in [3.8, 4) is 0 Å². The molecule has 0 bridgehead atoms. The quantitative estimate of drug-likeness (QED) is 0.464. The molecule has 0 saturated heterocycles. The molecular weight excluding hydrogens is 401 g/mol. The standard InChI is InChI=1S/C8H5Cl3O.C8H6Cl2O/c9-8(10,11)7(12)6-4-2-1-3-5-6;9-8(10)7(11)6-4-2-1-3-5-6/h1-5H;1-5,8H. The molecule has 0 spiro atoms. The van der Waals surface area contributed by atoms with Crippen LogP contribution in [0.2, 0.25) is 0 Å². The second-order valence-electron chi connectivity index (χ2n) is 4.22. The molecule has 0 saturated carbocycles. The highest BCUT2D eigenvalue weighted by molar-refractivity contribution is 6.77. The fourth-order valence-electron chi connectivity index (χ4n) is 1.48. The van der Waals surface area contributed by atoms with Crippen LogP contribution in [-0.4, -0.2) is 20.2 Å². The highest BCUT2D eigenvalue weighted by atomic mass is 35.6. The zero-order chi connectivity index (χ0) is 17.5. The average molecular weight is 413 g/mol. The van der Waals surface area contributed by atoms with Gasteiger partial charge >= 0.3 is 0 Å². The Labute approximate surface area is 159 Å². The van der Waals surface area contributed by atoms with Crippen molar-refractivity contribution in [3.63, 3.8) is 0 Å². The molecule has 0 radical (unpaired) electrons. The van der Waals surface area contributed by atoms with Crippen LogP contribution < -0.4 is 0 Å². The lowest BCUT2D eigenvalue weighted by Crippen LogP contribution is -2.18. The summed E-state index contributed by atoms with van der Waals surface area (Å²) in [5.74, 6) is -0.762. The van der Waals surface area contributed by atoms with Gasteiger partial charge < -0.3 is 0 Å². The SMILES string of the molecule is O=C(c1ccccc1)C(Cl)(Cl)Cl.O=C(c1ccccc1)C(Cl)Cl. The molecule has 2 aromatic carbocycles. The first-order valence-electron chi connectivity index (χ1n) is 6.27. The molecule has 0 atom stereocenters. The lowest BCUT2D eigenvalue weighted by atomic mass is 10.1. The van der Waals surface area contributed by atoms with Crippen molar-refractivity contribution in [3.05, 3.63) is 71.8 Å². The molecule has 0 heterocycles. The third kappa shape index (κ3) is 7.11. The molecule has 0 aromatic heterocycles. The van der Waals surface area contributed by atoms with Crippen LogP contribution in [-0.2, 0) is 0 Å². The van der Waals surface area contributed by atoms with Crippen molar-refractivity contribution in [1.82, 2.24) is 0 Å². The fourth-order valence-corrected chi connectivity index (χ4v) is 2.06. The van der Waals surface area contributed by atoms with Crippen LogP contribution >= 0.6 is 58.0 Å². The van der Waals surface area contributed by atoms with Gasteiger partial charge in [-0.25, -0.2) is 0 Å². The van der Waals surface area contributed by atoms with Crippen molar-refractivity contribution >= 4 is 69.6 Å². The molecule has 122 valence electrons. The molecule has 0 fully saturated rings. The van der Waals surface area contributed by atoms with E-state index in [4.69, 9.17) is 58.0 Å². The minimum absolute atomic E-state index is 0.256. The van der Waals surface area contributed by atoms with Crippen LogP contribution in [0.25, 0.3) is 0 Å². The second-order valence-corrected chi connectivity index (χ2v) is 7.60. The molecule has 23 heavy (non-hydrogen) atoms. The van der Waals surface area contributed by atoms with Crippen LogP contribution in [0.3, 0.4) is 0 Å². The van der Waals surface area contributed by atoms with E-state index in [1.807, 2.05) is 6.07 Å². The molecule has 7 heteroatoms. The lowest BCUT2D eigenvalue weighted by molar-refractivity contribution is 0.0992. The summed E-state index contributed by atoms with van der Waals surface area (Å²) in [7, 11) is 0. The first kappa shape index (κ1) is 20.3. The summed E-state index contributed by atoms with van der Waals surface area (Å²) in [6, 6.07) is 17.1. The molecule has 2 rings (SSSR count). The number of ketones is 2. The molecular formula is C16H11Cl5O2. The van der Waals surface area contributed by atoms with E-state index in [-0.39, 0.29) is 5.78 Å². The number of benzene rings is 2. The third-order valence-corrected chi connectivity index (χ3v) is 3.46. The van der Waals surface area contributed by atoms with Crippen LogP contribution in [0, 0.1) is 0 Å². The fraction of sp³-hybridized carbons (Fsp3) is 0.125. The monoisotopic (exact) mass is 410 g/mol. The summed E-state index contributed by atoms with van der Waals surface area (Å²) in [6.45, 7) is 0. The number of halogens is 5. The Kier molecular flexibility index (Phi) is 8.38. The van der Waals surface area contributed by atoms with Gasteiger partial charge in [0.15, 0.2) is 10.6 Å². The smallest absolute Gasteiger partial charge is 0.253 e. The highest BCUT2D eigenvalue weighted by Crippen LogP contribution is 2.30. The Hall–Kier alpha value is -0.770. The van der Waals surface area contributed by atoms with Gasteiger partial charge in [0.05, 0.1) is 0 Å². The molecule has 0 aliphatic carbocycles. The number of carbonyl (C=O) groups is 2. The van der Waals surface area contributed by atoms with Gasteiger partial charge in [-0.1, -0.05) is 119 Å². The maximum atomic E-state index is 11.3. The van der Waals surface area contributed by atoms with Crippen molar-refractivity contribution in [2.75, 3.05) is 0 Å². The van der Waals surface area contributed by atoms with Crippen molar-refractivity contribution in [2.45, 2.75) is 8.63 Å². The molecule has 0 aliphatic heterocycles. The number of rotatable bonds is 3. The zero-order valence-corrected chi connectivity index (χ0v) is 15.3. The number of hydrogen-bond donors (Lipinski definition) is 0. The minimum Gasteiger partial charge on any atom is -0.291 e. The maximum Gasteiger partial charge on any atom is 0.253 e. The van der Waals surface area contributed by atoms with E-state index in [1.165, 1.54) is 0 Å². The predicted octanol–water partition coefficient (Wildman–Crippen LogP) is 5.91. The molecule has 0 N–H and O–H groups in total. The van der Waals surface area contributed by atoms with Gasteiger partial charge in [-0.15, -0.1) is 0 Å². The molecule has 2 aromatic rings. The van der Waals surface area contributed by atoms with Crippen LogP contribution in [0.1, 0.15) is 20.7 Å². The van der Waals surface area contributed by atoms with Gasteiger partial charge in [-0.3, -0.25) is 9.59 Å². The number of Topliss-reactive ketones (excluding diaryl/α,β-unsaturated/α-hetero) is 2. The maximum absolute atomic E-state index is 11.3. The summed E-state index contributed by atoms with van der Waals surface area (Å²) in [5, 5.41) is 0. The molecule has 0 aliphatic rings. The second kappa shape index (κ2) is 9.51. The van der Waals surface area contributed by atoms with Crippen molar-refractivity contribution in [1.29, 1.82) is 0 Å². The molecule has 0 unspecified atom stereocenters. The Morgan fingerprint density at radius 1 is 0.739 bits per heavy atom. The Balaban J connectivity index is 0.000000231. The average Bonchev–Trinajstić information content (AvgIpc) is 2.54. The first-order chi connectivity index (χ1) is 10.7. The first-order valence-corrected chi connectivity index (χ1v) is 8.28. The summed E-state index contributed by atoms with van der Waals surface area (Å²) >= 11 is 27.0. The summed E-state index contributed by atoms with van der Waals surface area (Å²) in [4.78, 5) is 21.4. The Morgan fingerprint density at radius 2 is 1.13 bits per heavy atom. The van der Waals surface area contributed by atoms with Crippen LogP contribution in [0.5, 0.6) is 0 Å². The summed E-state index contributed by atoms with van der Waals surface area (Å²) < 4.78 is -1.86. The predicted molar refractivity (Wildman–Crippen MR) is 97.3 cm³/mol. The van der Waals surface area contributed by atoms with E-state index in [0.717, 1.165) is 0 Å². The molecule has 0 amide bonds. The number of alkyl halides is 5. The van der Waals surface area contributed by atoms with E-state index < -0.39 is 14.4 Å². The molecule has 2 nitrogen and oxygen atoms in total. The van der Waals surface area contributed by atoms with E-state index in [0.29, 0.717) is 11.1 Å². The summed E-state index contributed by atoms with van der Waals surface area (Å²) in [5.41, 5.74) is 0.944. The zero-order valence-electron chi connectivity index (χ0n) is 11.6. The van der Waals surface area contributed by atoms with Crippen molar-refractivity contribution in [2.24, 2.45) is 0 Å². The number of hydrogen-bond acceptors (Lipinski definition) is 2. The highest BCUT2D eigenvalue weighted by Gasteiger charge is 2.31. The topological polar surface area (TPSA) is 34.1 Å². The normalized spacial score (nSPS) is 10.7. The Bertz CT molecular complexity index is 637. The van der Waals surface area contributed by atoms with E-state index in [1.54, 1.807) is 54.6 Å². The van der Waals surface area contributed by atoms with Gasteiger partial charge in [-0.05, 0) is 0 Å². The van der Waals surface area contributed by atoms with Gasteiger partial charge in [0.2, 0.25) is 5.78 Å². The van der Waals surface area contributed by atoms with Crippen molar-refractivity contribution < 1.29 is 9.59 Å². The lowest BCUT2D eigenvalue weighted by Gasteiger charge is -2.08. The minimum atomic E-state index is -1.86.